The van der Waals surface area contributed by atoms with Crippen LogP contribution in [0.4, 0.5) is 0 Å². The van der Waals surface area contributed by atoms with Crippen molar-refractivity contribution in [1.82, 2.24) is 10.6 Å². The van der Waals surface area contributed by atoms with E-state index in [0.717, 1.165) is 13.1 Å². The Bertz CT molecular complexity index is 414. The highest BCUT2D eigenvalue weighted by atomic mass is 16.3. The lowest BCUT2D eigenvalue weighted by Crippen LogP contribution is -2.39. The average Bonchev–Trinajstić information content (AvgIpc) is 2.63. The Morgan fingerprint density at radius 2 is 1.94 bits per heavy atom. The maximum absolute atomic E-state index is 11.9. The monoisotopic (exact) mass is 236 g/mol. The number of phenols is 2. The van der Waals surface area contributed by atoms with Crippen LogP contribution in [-0.4, -0.2) is 35.3 Å². The Hall–Kier alpha value is -1.75. The molecule has 5 nitrogen and oxygen atoms in total. The summed E-state index contributed by atoms with van der Waals surface area (Å²) < 4.78 is 0. The fourth-order valence-corrected chi connectivity index (χ4v) is 1.98. The summed E-state index contributed by atoms with van der Waals surface area (Å²) in [4.78, 5) is 11.9. The van der Waals surface area contributed by atoms with Gasteiger partial charge in [-0.3, -0.25) is 4.79 Å². The number of carbonyl (C=O) groups excluding carboxylic acids is 1. The lowest BCUT2D eigenvalue weighted by Gasteiger charge is -2.16. The molecular weight excluding hydrogens is 220 g/mol. The minimum absolute atomic E-state index is 0.0898. The highest BCUT2D eigenvalue weighted by Gasteiger charge is 2.24. The van der Waals surface area contributed by atoms with E-state index in [-0.39, 0.29) is 29.0 Å². The van der Waals surface area contributed by atoms with Crippen molar-refractivity contribution in [3.05, 3.63) is 23.8 Å². The first-order valence-corrected chi connectivity index (χ1v) is 5.61. The van der Waals surface area contributed by atoms with Gasteiger partial charge in [-0.1, -0.05) is 6.92 Å². The van der Waals surface area contributed by atoms with Crippen molar-refractivity contribution in [2.75, 3.05) is 13.1 Å². The zero-order chi connectivity index (χ0) is 12.4. The number of carbonyl (C=O) groups is 1. The summed E-state index contributed by atoms with van der Waals surface area (Å²) in [6.07, 6.45) is 0. The molecule has 1 fully saturated rings. The van der Waals surface area contributed by atoms with E-state index in [1.807, 2.05) is 0 Å². The van der Waals surface area contributed by atoms with Gasteiger partial charge in [-0.05, 0) is 24.6 Å². The second-order valence-electron chi connectivity index (χ2n) is 4.45. The van der Waals surface area contributed by atoms with Gasteiger partial charge in [0.15, 0.2) is 0 Å². The summed E-state index contributed by atoms with van der Waals surface area (Å²) in [7, 11) is 0. The van der Waals surface area contributed by atoms with Crippen LogP contribution in [0.2, 0.25) is 0 Å². The topological polar surface area (TPSA) is 81.6 Å². The number of hydrogen-bond acceptors (Lipinski definition) is 4. The standard InChI is InChI=1S/C12H16N2O3/c1-7-5-13-6-11(7)14-12(17)8-2-9(15)4-10(16)3-8/h2-4,7,11,13,15-16H,5-6H2,1H3,(H,14,17). The van der Waals surface area contributed by atoms with E-state index >= 15 is 0 Å². The van der Waals surface area contributed by atoms with Crippen LogP contribution in [0.15, 0.2) is 18.2 Å². The molecule has 2 rings (SSSR count). The molecule has 0 spiro atoms. The summed E-state index contributed by atoms with van der Waals surface area (Å²) >= 11 is 0. The van der Waals surface area contributed by atoms with Gasteiger partial charge in [0.2, 0.25) is 0 Å². The molecule has 2 unspecified atom stereocenters. The molecule has 0 aromatic heterocycles. The van der Waals surface area contributed by atoms with E-state index in [1.165, 1.54) is 18.2 Å². The van der Waals surface area contributed by atoms with Gasteiger partial charge >= 0.3 is 0 Å². The van der Waals surface area contributed by atoms with Gasteiger partial charge in [0.25, 0.3) is 5.91 Å². The molecule has 4 N–H and O–H groups in total. The van der Waals surface area contributed by atoms with Crippen LogP contribution in [0.3, 0.4) is 0 Å². The van der Waals surface area contributed by atoms with Crippen molar-refractivity contribution in [2.45, 2.75) is 13.0 Å². The maximum atomic E-state index is 11.9. The zero-order valence-corrected chi connectivity index (χ0v) is 9.60. The normalized spacial score (nSPS) is 23.6. The highest BCUT2D eigenvalue weighted by molar-refractivity contribution is 5.95. The van der Waals surface area contributed by atoms with Gasteiger partial charge in [-0.25, -0.2) is 0 Å². The van der Waals surface area contributed by atoms with Crippen LogP contribution in [-0.2, 0) is 0 Å². The SMILES string of the molecule is CC1CNCC1NC(=O)c1cc(O)cc(O)c1. The van der Waals surface area contributed by atoms with E-state index in [4.69, 9.17) is 0 Å². The van der Waals surface area contributed by atoms with Crippen molar-refractivity contribution in [3.8, 4) is 11.5 Å². The number of hydrogen-bond donors (Lipinski definition) is 4. The largest absolute Gasteiger partial charge is 0.508 e. The van der Waals surface area contributed by atoms with Crippen LogP contribution in [0, 0.1) is 5.92 Å². The first-order chi connectivity index (χ1) is 8.06. The van der Waals surface area contributed by atoms with Crippen LogP contribution in [0.5, 0.6) is 11.5 Å². The molecular formula is C12H16N2O3. The second kappa shape index (κ2) is 4.63. The van der Waals surface area contributed by atoms with Crippen molar-refractivity contribution < 1.29 is 15.0 Å². The smallest absolute Gasteiger partial charge is 0.251 e. The highest BCUT2D eigenvalue weighted by Crippen LogP contribution is 2.20. The van der Waals surface area contributed by atoms with E-state index in [2.05, 4.69) is 17.6 Å². The minimum atomic E-state index is -0.281. The Morgan fingerprint density at radius 1 is 1.29 bits per heavy atom. The molecule has 17 heavy (non-hydrogen) atoms. The third-order valence-electron chi connectivity index (χ3n) is 3.00. The zero-order valence-electron chi connectivity index (χ0n) is 9.60. The summed E-state index contributed by atoms with van der Waals surface area (Å²) in [6.45, 7) is 3.69. The van der Waals surface area contributed by atoms with E-state index in [0.29, 0.717) is 5.92 Å². The third kappa shape index (κ3) is 2.68. The molecule has 0 aliphatic carbocycles. The van der Waals surface area contributed by atoms with E-state index < -0.39 is 0 Å². The van der Waals surface area contributed by atoms with Gasteiger partial charge < -0.3 is 20.8 Å². The third-order valence-corrected chi connectivity index (χ3v) is 3.00. The molecule has 1 aliphatic heterocycles. The van der Waals surface area contributed by atoms with Crippen molar-refractivity contribution >= 4 is 5.91 Å². The lowest BCUT2D eigenvalue weighted by molar-refractivity contribution is 0.0932. The predicted molar refractivity (Wildman–Crippen MR) is 63.1 cm³/mol. The van der Waals surface area contributed by atoms with Gasteiger partial charge in [-0.2, -0.15) is 0 Å². The Labute approximate surface area is 99.5 Å². The van der Waals surface area contributed by atoms with Gasteiger partial charge in [0.1, 0.15) is 11.5 Å². The number of amides is 1. The van der Waals surface area contributed by atoms with Gasteiger partial charge in [0.05, 0.1) is 0 Å². The predicted octanol–water partition coefficient (Wildman–Crippen LogP) is 0.436. The first-order valence-electron chi connectivity index (χ1n) is 5.61. The van der Waals surface area contributed by atoms with Crippen LogP contribution >= 0.6 is 0 Å². The second-order valence-corrected chi connectivity index (χ2v) is 4.45. The number of benzene rings is 1. The minimum Gasteiger partial charge on any atom is -0.508 e. The average molecular weight is 236 g/mol. The molecule has 2 atom stereocenters. The molecule has 1 amide bonds. The molecule has 1 aromatic rings. The molecule has 1 heterocycles. The van der Waals surface area contributed by atoms with Gasteiger partial charge in [0, 0.05) is 24.2 Å². The number of phenolic OH excluding ortho intramolecular Hbond substituents is 2. The van der Waals surface area contributed by atoms with Gasteiger partial charge in [-0.15, -0.1) is 0 Å². The van der Waals surface area contributed by atoms with E-state index in [9.17, 15) is 15.0 Å². The Morgan fingerprint density at radius 3 is 2.47 bits per heavy atom. The summed E-state index contributed by atoms with van der Waals surface area (Å²) in [5, 5.41) is 24.7. The van der Waals surface area contributed by atoms with Crippen molar-refractivity contribution in [1.29, 1.82) is 0 Å². The number of aromatic hydroxyl groups is 2. The number of rotatable bonds is 2. The van der Waals surface area contributed by atoms with Crippen molar-refractivity contribution in [2.24, 2.45) is 5.92 Å². The van der Waals surface area contributed by atoms with Crippen molar-refractivity contribution in [3.63, 3.8) is 0 Å². The molecule has 0 bridgehead atoms. The summed E-state index contributed by atoms with van der Waals surface area (Å²) in [6, 6.07) is 3.95. The number of nitrogens with one attached hydrogen (secondary N) is 2. The van der Waals surface area contributed by atoms with E-state index in [1.54, 1.807) is 0 Å². The fourth-order valence-electron chi connectivity index (χ4n) is 1.98. The van der Waals surface area contributed by atoms with Crippen LogP contribution in [0.25, 0.3) is 0 Å². The maximum Gasteiger partial charge on any atom is 0.251 e. The molecule has 1 aliphatic rings. The van der Waals surface area contributed by atoms with Crippen LogP contribution < -0.4 is 10.6 Å². The fraction of sp³-hybridized carbons (Fsp3) is 0.417. The molecule has 1 aromatic carbocycles. The molecule has 1 saturated heterocycles. The molecule has 92 valence electrons. The van der Waals surface area contributed by atoms with Crippen LogP contribution in [0.1, 0.15) is 17.3 Å². The molecule has 0 radical (unpaired) electrons. The Balaban J connectivity index is 2.09. The lowest BCUT2D eigenvalue weighted by atomic mass is 10.1. The molecule has 0 saturated carbocycles. The molecule has 5 heteroatoms. The summed E-state index contributed by atoms with van der Waals surface area (Å²) in [5.41, 5.74) is 0.265. The quantitative estimate of drug-likeness (QED) is 0.600. The first kappa shape index (κ1) is 11.7. The summed E-state index contributed by atoms with van der Waals surface area (Å²) in [5.74, 6) is -0.137. The Kier molecular flexibility index (Phi) is 3.19.